The Morgan fingerprint density at radius 3 is 2.00 bits per heavy atom. The van der Waals surface area contributed by atoms with E-state index in [9.17, 15) is 4.79 Å². The fourth-order valence-corrected chi connectivity index (χ4v) is 7.29. The van der Waals surface area contributed by atoms with Crippen LogP contribution in [0.2, 0.25) is 36.3 Å². The van der Waals surface area contributed by atoms with Crippen molar-refractivity contribution in [3.63, 3.8) is 0 Å². The molecule has 1 aliphatic carbocycles. The lowest BCUT2D eigenvalue weighted by Crippen LogP contribution is -2.53. The number of esters is 1. The molecule has 44 heavy (non-hydrogen) atoms. The number of hydrogen-bond donors (Lipinski definition) is 0. The zero-order valence-corrected chi connectivity index (χ0v) is 30.5. The van der Waals surface area contributed by atoms with Gasteiger partial charge >= 0.3 is 5.97 Å². The maximum Gasteiger partial charge on any atom is 0.335 e. The van der Waals surface area contributed by atoms with Crippen LogP contribution in [0.15, 0.2) is 65.9 Å². The first-order valence-corrected chi connectivity index (χ1v) is 21.1. The highest BCUT2D eigenvalue weighted by atomic mass is 28.4. The third-order valence-corrected chi connectivity index (χ3v) is 18.5. The molecule has 0 bridgehead atoms. The summed E-state index contributed by atoms with van der Waals surface area (Å²) in [6.45, 7) is 22.6. The second-order valence-electron chi connectivity index (χ2n) is 14.7. The van der Waals surface area contributed by atoms with Gasteiger partial charge in [-0.15, -0.1) is 0 Å². The summed E-state index contributed by atoms with van der Waals surface area (Å²) in [5.41, 5.74) is 2.12. The molecule has 0 saturated carbocycles. The molecule has 0 radical (unpaired) electrons. The van der Waals surface area contributed by atoms with Crippen LogP contribution in [0.1, 0.15) is 64.3 Å². The molecule has 0 N–H and O–H groups in total. The largest absolute Gasteiger partial charge is 0.543 e. The molecule has 0 aromatic heterocycles. The first-order valence-electron chi connectivity index (χ1n) is 15.3. The maximum absolute atomic E-state index is 13.2. The fourth-order valence-electron chi connectivity index (χ4n) is 5.01. The highest BCUT2D eigenvalue weighted by molar-refractivity contribution is 6.75. The predicted octanol–water partition coefficient (Wildman–Crippen LogP) is 8.55. The number of ether oxygens (including phenoxy) is 4. The molecule has 0 amide bonds. The molecule has 1 heterocycles. The quantitative estimate of drug-likeness (QED) is 0.191. The van der Waals surface area contributed by atoms with Gasteiger partial charge in [0.05, 0.1) is 39.1 Å². The average molecular weight is 639 g/mol. The Kier molecular flexibility index (Phi) is 9.40. The molecule has 2 aliphatic rings. The van der Waals surface area contributed by atoms with E-state index in [2.05, 4.69) is 79.9 Å². The summed E-state index contributed by atoms with van der Waals surface area (Å²) in [6.07, 6.45) is 0.771. The minimum atomic E-state index is -2.42. The summed E-state index contributed by atoms with van der Waals surface area (Å²) >= 11 is 0. The molecule has 9 heteroatoms. The van der Waals surface area contributed by atoms with Crippen molar-refractivity contribution in [1.29, 1.82) is 0 Å². The van der Waals surface area contributed by atoms with Crippen LogP contribution in [0.3, 0.4) is 0 Å². The lowest BCUT2D eigenvalue weighted by molar-refractivity contribution is -0.154. The number of hydrogen-bond acceptors (Lipinski definition) is 7. The molecule has 2 aromatic rings. The maximum atomic E-state index is 13.2. The monoisotopic (exact) mass is 638 g/mol. The van der Waals surface area contributed by atoms with E-state index in [1.54, 1.807) is 14.2 Å². The summed E-state index contributed by atoms with van der Waals surface area (Å²) in [4.78, 5) is 13.2. The minimum absolute atomic E-state index is 0.0854. The highest BCUT2D eigenvalue weighted by Gasteiger charge is 2.61. The van der Waals surface area contributed by atoms with Crippen LogP contribution in [0.4, 0.5) is 0 Å². The van der Waals surface area contributed by atoms with Crippen molar-refractivity contribution < 1.29 is 32.6 Å². The van der Waals surface area contributed by atoms with E-state index in [4.69, 9.17) is 27.8 Å². The third kappa shape index (κ3) is 6.29. The molecule has 240 valence electrons. The first-order chi connectivity index (χ1) is 20.4. The standard InChI is InChI=1S/C35H50O7Si2/c1-33(2,3)43(9,10)41-31-26-15-13-14-16-27(26)32(42-44(11,12)34(4,5)6)35(29(38-8)21-30(36)40-35)28(31)23-39-22-24-17-19-25(37-7)20-18-24/h13-21,32H,22-23H2,1-12H3/t32-,35-/m1/s1. The molecular weight excluding hydrogens is 589 g/mol. The van der Waals surface area contributed by atoms with Crippen LogP contribution < -0.4 is 4.74 Å². The third-order valence-electron chi connectivity index (χ3n) is 9.73. The number of fused-ring (bicyclic) bond motifs is 1. The van der Waals surface area contributed by atoms with Gasteiger partial charge in [-0.3, -0.25) is 0 Å². The van der Waals surface area contributed by atoms with Crippen molar-refractivity contribution in [2.75, 3.05) is 20.8 Å². The van der Waals surface area contributed by atoms with Gasteiger partial charge in [-0.25, -0.2) is 4.79 Å². The molecular formula is C35H50O7Si2. The average Bonchev–Trinajstić information content (AvgIpc) is 3.27. The SMILES string of the molecule is COC1=CC(=O)O[C@]12C(COCc1ccc(OC)cc1)=C(O[Si](C)(C)C(C)(C)C)c1ccccc1[C@H]2O[Si](C)(C)C(C)(C)C. The van der Waals surface area contributed by atoms with Gasteiger partial charge in [-0.1, -0.05) is 77.9 Å². The molecule has 0 saturated heterocycles. The topological polar surface area (TPSA) is 72.5 Å². The Balaban J connectivity index is 1.95. The number of benzene rings is 2. The van der Waals surface area contributed by atoms with E-state index in [0.29, 0.717) is 23.7 Å². The van der Waals surface area contributed by atoms with Gasteiger partial charge in [0.25, 0.3) is 8.32 Å². The number of carbonyl (C=O) groups excluding carboxylic acids is 1. The Morgan fingerprint density at radius 2 is 1.43 bits per heavy atom. The number of rotatable bonds is 10. The van der Waals surface area contributed by atoms with Gasteiger partial charge < -0.3 is 27.8 Å². The molecule has 7 nitrogen and oxygen atoms in total. The summed E-state index contributed by atoms with van der Waals surface area (Å²) < 4.78 is 38.6. The zero-order valence-electron chi connectivity index (χ0n) is 28.5. The van der Waals surface area contributed by atoms with Gasteiger partial charge in [-0.05, 0) is 59.5 Å². The molecule has 0 fully saturated rings. The van der Waals surface area contributed by atoms with E-state index in [1.165, 1.54) is 6.08 Å². The summed E-state index contributed by atoms with van der Waals surface area (Å²) in [5.74, 6) is 1.36. The van der Waals surface area contributed by atoms with Crippen LogP contribution in [-0.4, -0.2) is 49.0 Å². The van der Waals surface area contributed by atoms with E-state index in [-0.39, 0.29) is 16.7 Å². The second-order valence-corrected chi connectivity index (χ2v) is 24.2. The van der Waals surface area contributed by atoms with Gasteiger partial charge in [0.15, 0.2) is 14.1 Å². The van der Waals surface area contributed by atoms with Crippen molar-refractivity contribution >= 4 is 28.4 Å². The van der Waals surface area contributed by atoms with E-state index in [1.807, 2.05) is 36.4 Å². The normalized spacial score (nSPS) is 20.8. The Bertz CT molecular complexity index is 1430. The molecule has 1 aliphatic heterocycles. The lowest BCUT2D eigenvalue weighted by Gasteiger charge is -2.49. The van der Waals surface area contributed by atoms with E-state index in [0.717, 1.165) is 22.4 Å². The first kappa shape index (κ1) is 34.0. The van der Waals surface area contributed by atoms with Crippen molar-refractivity contribution in [1.82, 2.24) is 0 Å². The second kappa shape index (κ2) is 12.2. The minimum Gasteiger partial charge on any atom is -0.543 e. The van der Waals surface area contributed by atoms with Crippen LogP contribution >= 0.6 is 0 Å². The predicted molar refractivity (Wildman–Crippen MR) is 179 cm³/mol. The zero-order chi connectivity index (χ0) is 32.7. The molecule has 2 aromatic carbocycles. The molecule has 2 atom stereocenters. The van der Waals surface area contributed by atoms with Crippen LogP contribution in [0.5, 0.6) is 5.75 Å². The van der Waals surface area contributed by atoms with Crippen LogP contribution in [0.25, 0.3) is 5.76 Å². The van der Waals surface area contributed by atoms with Crippen LogP contribution in [-0.2, 0) is 34.5 Å². The smallest absolute Gasteiger partial charge is 0.335 e. The molecule has 1 spiro atoms. The van der Waals surface area contributed by atoms with Gasteiger partial charge in [-0.2, -0.15) is 0 Å². The van der Waals surface area contributed by atoms with E-state index >= 15 is 0 Å². The van der Waals surface area contributed by atoms with Crippen molar-refractivity contribution in [3.8, 4) is 5.75 Å². The van der Waals surface area contributed by atoms with Crippen LogP contribution in [0, 0.1) is 0 Å². The van der Waals surface area contributed by atoms with Crippen molar-refractivity contribution in [2.24, 2.45) is 0 Å². The Labute approximate surface area is 265 Å². The summed E-state index contributed by atoms with van der Waals surface area (Å²) in [6, 6.07) is 15.9. The molecule has 4 rings (SSSR count). The fraction of sp³-hybridized carbons (Fsp3) is 0.514. The van der Waals surface area contributed by atoms with Gasteiger partial charge in [0.2, 0.25) is 5.60 Å². The summed E-state index contributed by atoms with van der Waals surface area (Å²) in [5, 5.41) is -0.187. The molecule has 0 unspecified atom stereocenters. The van der Waals surface area contributed by atoms with Gasteiger partial charge in [0, 0.05) is 5.56 Å². The number of methoxy groups -OCH3 is 2. The van der Waals surface area contributed by atoms with Gasteiger partial charge in [0.1, 0.15) is 17.6 Å². The summed E-state index contributed by atoms with van der Waals surface area (Å²) in [7, 11) is -1.59. The van der Waals surface area contributed by atoms with Crippen molar-refractivity contribution in [3.05, 3.63) is 82.6 Å². The Morgan fingerprint density at radius 1 is 0.818 bits per heavy atom. The Hall–Kier alpha value is -2.86. The number of carbonyl (C=O) groups is 1. The highest BCUT2D eigenvalue weighted by Crippen LogP contribution is 2.57. The van der Waals surface area contributed by atoms with Crippen molar-refractivity contribution in [2.45, 2.75) is 96.1 Å². The lowest BCUT2D eigenvalue weighted by atomic mass is 9.75. The van der Waals surface area contributed by atoms with E-state index < -0.39 is 34.3 Å².